The second kappa shape index (κ2) is 7.43. The van der Waals surface area contributed by atoms with Crippen molar-refractivity contribution in [3.63, 3.8) is 0 Å². The maximum atomic E-state index is 12.3. The third-order valence-electron chi connectivity index (χ3n) is 3.23. The number of piperidine rings is 1. The van der Waals surface area contributed by atoms with Crippen molar-refractivity contribution < 1.29 is 8.42 Å². The smallest absolute Gasteiger partial charge is 0.279 e. The van der Waals surface area contributed by atoms with Crippen LogP contribution in [0.4, 0.5) is 0 Å². The van der Waals surface area contributed by atoms with E-state index in [9.17, 15) is 8.42 Å². The first-order valence-electron chi connectivity index (χ1n) is 7.00. The van der Waals surface area contributed by atoms with Crippen LogP contribution >= 0.6 is 0 Å². The molecule has 2 unspecified atom stereocenters. The van der Waals surface area contributed by atoms with E-state index in [2.05, 4.69) is 17.0 Å². The molecule has 0 saturated carbocycles. The number of nitrogens with one attached hydrogen (secondary N) is 2. The zero-order valence-corrected chi connectivity index (χ0v) is 12.6. The minimum absolute atomic E-state index is 0.0717. The first kappa shape index (κ1) is 15.9. The molecule has 1 heterocycles. The van der Waals surface area contributed by atoms with Crippen LogP contribution in [0.2, 0.25) is 0 Å². The van der Waals surface area contributed by atoms with Crippen molar-refractivity contribution in [3.8, 4) is 0 Å². The van der Waals surface area contributed by atoms with E-state index in [1.165, 1.54) is 0 Å². The van der Waals surface area contributed by atoms with Crippen LogP contribution in [-0.2, 0) is 10.2 Å². The van der Waals surface area contributed by atoms with Gasteiger partial charge < -0.3 is 5.32 Å². The van der Waals surface area contributed by atoms with E-state index in [0.717, 1.165) is 32.2 Å². The lowest BCUT2D eigenvalue weighted by atomic mass is 10.0. The first-order chi connectivity index (χ1) is 8.49. The number of hydrogen-bond acceptors (Lipinski definition) is 3. The minimum Gasteiger partial charge on any atom is -0.314 e. The van der Waals surface area contributed by atoms with Crippen LogP contribution in [0.5, 0.6) is 0 Å². The Morgan fingerprint density at radius 1 is 1.28 bits per heavy atom. The first-order valence-corrected chi connectivity index (χ1v) is 8.44. The predicted octanol–water partition coefficient (Wildman–Crippen LogP) is 1.08. The van der Waals surface area contributed by atoms with Crippen molar-refractivity contribution in [3.05, 3.63) is 0 Å². The topological polar surface area (TPSA) is 61.4 Å². The Balaban J connectivity index is 2.60. The fourth-order valence-corrected chi connectivity index (χ4v) is 4.01. The van der Waals surface area contributed by atoms with Gasteiger partial charge >= 0.3 is 0 Å². The van der Waals surface area contributed by atoms with Gasteiger partial charge in [-0.25, -0.2) is 0 Å². The highest BCUT2D eigenvalue weighted by Gasteiger charge is 2.26. The van der Waals surface area contributed by atoms with E-state index in [0.29, 0.717) is 19.1 Å². The maximum Gasteiger partial charge on any atom is 0.279 e. The molecule has 1 saturated heterocycles. The lowest BCUT2D eigenvalue weighted by Gasteiger charge is -2.31. The van der Waals surface area contributed by atoms with E-state index < -0.39 is 10.2 Å². The molecule has 0 aromatic rings. The average molecular weight is 277 g/mol. The molecule has 0 aliphatic carbocycles. The van der Waals surface area contributed by atoms with E-state index in [1.54, 1.807) is 4.31 Å². The van der Waals surface area contributed by atoms with Gasteiger partial charge in [-0.15, -0.1) is 0 Å². The van der Waals surface area contributed by atoms with Crippen LogP contribution in [0.3, 0.4) is 0 Å². The molecule has 18 heavy (non-hydrogen) atoms. The van der Waals surface area contributed by atoms with Gasteiger partial charge in [0.25, 0.3) is 10.2 Å². The Labute approximate surface area is 112 Å². The lowest BCUT2D eigenvalue weighted by Crippen LogP contribution is -2.51. The molecule has 108 valence electrons. The summed E-state index contributed by atoms with van der Waals surface area (Å²) in [6.45, 7) is 8.19. The third kappa shape index (κ3) is 4.84. The molecular formula is C12H27N3O2S. The Bertz CT molecular complexity index is 326. The van der Waals surface area contributed by atoms with Gasteiger partial charge in [-0.3, -0.25) is 0 Å². The maximum absolute atomic E-state index is 12.3. The van der Waals surface area contributed by atoms with Gasteiger partial charge in [-0.2, -0.15) is 17.4 Å². The normalized spacial score (nSPS) is 25.6. The summed E-state index contributed by atoms with van der Waals surface area (Å²) in [5.41, 5.74) is 0. The zero-order chi connectivity index (χ0) is 13.6. The molecule has 0 aromatic heterocycles. The van der Waals surface area contributed by atoms with Crippen molar-refractivity contribution in [1.29, 1.82) is 0 Å². The summed E-state index contributed by atoms with van der Waals surface area (Å²) in [6, 6.07) is 0.458. The van der Waals surface area contributed by atoms with Gasteiger partial charge in [0.15, 0.2) is 0 Å². The quantitative estimate of drug-likeness (QED) is 0.732. The Morgan fingerprint density at radius 3 is 2.39 bits per heavy atom. The molecule has 0 bridgehead atoms. The number of rotatable bonds is 7. The number of nitrogens with zero attached hydrogens (tertiary/aromatic N) is 1. The Kier molecular flexibility index (Phi) is 6.55. The van der Waals surface area contributed by atoms with Crippen LogP contribution in [0.25, 0.3) is 0 Å². The van der Waals surface area contributed by atoms with Gasteiger partial charge in [-0.1, -0.05) is 13.8 Å². The zero-order valence-electron chi connectivity index (χ0n) is 11.8. The molecule has 6 heteroatoms. The van der Waals surface area contributed by atoms with Crippen molar-refractivity contribution in [2.24, 2.45) is 0 Å². The highest BCUT2D eigenvalue weighted by molar-refractivity contribution is 7.87. The van der Waals surface area contributed by atoms with E-state index in [4.69, 9.17) is 0 Å². The van der Waals surface area contributed by atoms with Gasteiger partial charge in [0.05, 0.1) is 0 Å². The molecule has 0 aromatic carbocycles. The van der Waals surface area contributed by atoms with E-state index in [1.807, 2.05) is 13.8 Å². The summed E-state index contributed by atoms with van der Waals surface area (Å²) in [5, 5.41) is 3.33. The van der Waals surface area contributed by atoms with Crippen molar-refractivity contribution >= 4 is 10.2 Å². The lowest BCUT2D eigenvalue weighted by molar-refractivity contribution is 0.344. The van der Waals surface area contributed by atoms with Crippen LogP contribution in [0.15, 0.2) is 0 Å². The van der Waals surface area contributed by atoms with Gasteiger partial charge in [-0.05, 0) is 39.2 Å². The summed E-state index contributed by atoms with van der Waals surface area (Å²) in [4.78, 5) is 0. The summed E-state index contributed by atoms with van der Waals surface area (Å²) in [6.07, 6.45) is 3.44. The molecule has 1 fully saturated rings. The average Bonchev–Trinajstić information content (AvgIpc) is 2.28. The van der Waals surface area contributed by atoms with E-state index in [-0.39, 0.29) is 6.04 Å². The summed E-state index contributed by atoms with van der Waals surface area (Å²) >= 11 is 0. The van der Waals surface area contributed by atoms with Crippen LogP contribution in [0, 0.1) is 0 Å². The molecule has 0 radical (unpaired) electrons. The fourth-order valence-electron chi connectivity index (χ4n) is 2.38. The SMILES string of the molecule is CCCN(CCC)S(=O)(=O)NC1CCNC(C)C1. The predicted molar refractivity (Wildman–Crippen MR) is 74.7 cm³/mol. The van der Waals surface area contributed by atoms with Gasteiger partial charge in [0, 0.05) is 25.2 Å². The minimum atomic E-state index is -3.31. The molecule has 1 aliphatic rings. The standard InChI is InChI=1S/C12H27N3O2S/c1-4-8-15(9-5-2)18(16,17)14-12-6-7-13-11(3)10-12/h11-14H,4-10H2,1-3H3. The molecule has 1 rings (SSSR count). The molecule has 0 spiro atoms. The summed E-state index contributed by atoms with van der Waals surface area (Å²) in [7, 11) is -3.31. The fraction of sp³-hybridized carbons (Fsp3) is 1.00. The molecule has 2 N–H and O–H groups in total. The van der Waals surface area contributed by atoms with E-state index >= 15 is 0 Å². The highest BCUT2D eigenvalue weighted by atomic mass is 32.2. The van der Waals surface area contributed by atoms with Gasteiger partial charge in [0.1, 0.15) is 0 Å². The number of hydrogen-bond donors (Lipinski definition) is 2. The molecular weight excluding hydrogens is 250 g/mol. The van der Waals surface area contributed by atoms with Crippen molar-refractivity contribution in [2.75, 3.05) is 19.6 Å². The summed E-state index contributed by atoms with van der Waals surface area (Å²) in [5.74, 6) is 0. The molecule has 1 aliphatic heterocycles. The highest BCUT2D eigenvalue weighted by Crippen LogP contribution is 2.11. The summed E-state index contributed by atoms with van der Waals surface area (Å²) < 4.78 is 29.0. The van der Waals surface area contributed by atoms with Gasteiger partial charge in [0.2, 0.25) is 0 Å². The third-order valence-corrected chi connectivity index (χ3v) is 4.90. The second-order valence-corrected chi connectivity index (χ2v) is 6.80. The van der Waals surface area contributed by atoms with Crippen LogP contribution in [-0.4, -0.2) is 44.4 Å². The monoisotopic (exact) mass is 277 g/mol. The molecule has 0 amide bonds. The molecule has 2 atom stereocenters. The molecule has 5 nitrogen and oxygen atoms in total. The van der Waals surface area contributed by atoms with Crippen LogP contribution < -0.4 is 10.0 Å². The Morgan fingerprint density at radius 2 is 1.89 bits per heavy atom. The van der Waals surface area contributed by atoms with Crippen LogP contribution in [0.1, 0.15) is 46.5 Å². The second-order valence-electron chi connectivity index (χ2n) is 5.10. The Hall–Kier alpha value is -0.170. The largest absolute Gasteiger partial charge is 0.314 e. The van der Waals surface area contributed by atoms with Crippen molar-refractivity contribution in [2.45, 2.75) is 58.5 Å². The van der Waals surface area contributed by atoms with Crippen molar-refractivity contribution in [1.82, 2.24) is 14.3 Å².